The van der Waals surface area contributed by atoms with Crippen LogP contribution in [0.1, 0.15) is 40.8 Å². The summed E-state index contributed by atoms with van der Waals surface area (Å²) in [5, 5.41) is 18.9. The van der Waals surface area contributed by atoms with Crippen molar-refractivity contribution in [2.75, 3.05) is 77.1 Å². The molecule has 57 heavy (non-hydrogen) atoms. The zero-order valence-corrected chi connectivity index (χ0v) is 33.5. The molecule has 4 heterocycles. The van der Waals surface area contributed by atoms with Crippen LogP contribution in [-0.2, 0) is 31.4 Å². The summed E-state index contributed by atoms with van der Waals surface area (Å²) in [4.78, 5) is 20.6. The molecule has 8 rings (SSSR count). The Balaban J connectivity index is 1.09. The number of morpholine rings is 1. The molecule has 1 N–H and O–H groups in total. The number of aryl methyl sites for hydroxylation is 3. The number of hydrogen-bond acceptors (Lipinski definition) is 8. The number of likely N-dealkylation sites (N-methyl/N-ethyl adjacent to an activating group) is 1. The third-order valence-corrected chi connectivity index (χ3v) is 11.7. The number of anilines is 1. The van der Waals surface area contributed by atoms with Crippen molar-refractivity contribution in [3.63, 3.8) is 0 Å². The van der Waals surface area contributed by atoms with E-state index in [1.807, 2.05) is 53.6 Å². The van der Waals surface area contributed by atoms with Gasteiger partial charge in [0.05, 0.1) is 36.7 Å². The summed E-state index contributed by atoms with van der Waals surface area (Å²) < 4.78 is 22.4. The van der Waals surface area contributed by atoms with Crippen molar-refractivity contribution < 1.29 is 24.1 Å². The zero-order chi connectivity index (χ0) is 39.3. The Bertz CT molecular complexity index is 2310. The molecule has 2 fully saturated rings. The lowest BCUT2D eigenvalue weighted by Crippen LogP contribution is -2.46. The van der Waals surface area contributed by atoms with Gasteiger partial charge in [-0.1, -0.05) is 61.5 Å². The van der Waals surface area contributed by atoms with E-state index in [1.54, 1.807) is 0 Å². The molecule has 0 atom stereocenters. The molecule has 2 aliphatic heterocycles. The fourth-order valence-electron chi connectivity index (χ4n) is 8.67. The van der Waals surface area contributed by atoms with E-state index in [2.05, 4.69) is 76.2 Å². The second kappa shape index (κ2) is 17.4. The van der Waals surface area contributed by atoms with Gasteiger partial charge in [-0.3, -0.25) is 9.58 Å². The Morgan fingerprint density at radius 1 is 0.825 bits per heavy atom. The second-order valence-corrected chi connectivity index (χ2v) is 15.1. The van der Waals surface area contributed by atoms with E-state index in [0.717, 1.165) is 114 Å². The summed E-state index contributed by atoms with van der Waals surface area (Å²) in [5.74, 6) is 0.709. The van der Waals surface area contributed by atoms with Crippen LogP contribution in [0.4, 0.5) is 5.69 Å². The highest BCUT2D eigenvalue weighted by Crippen LogP contribution is 2.39. The molecule has 2 aliphatic rings. The molecule has 2 aromatic heterocycles. The van der Waals surface area contributed by atoms with E-state index in [-0.39, 0.29) is 0 Å². The van der Waals surface area contributed by atoms with Gasteiger partial charge in [-0.15, -0.1) is 0 Å². The number of benzene rings is 4. The average molecular weight is 771 g/mol. The summed E-state index contributed by atoms with van der Waals surface area (Å²) in [6.45, 7) is 14.6. The van der Waals surface area contributed by atoms with Gasteiger partial charge < -0.3 is 33.7 Å². The minimum Gasteiger partial charge on any atom is -0.493 e. The molecule has 0 unspecified atom stereocenters. The lowest BCUT2D eigenvalue weighted by atomic mass is 9.98. The Kier molecular flexibility index (Phi) is 11.8. The molecule has 0 amide bonds. The smallest absolute Gasteiger partial charge is 0.352 e. The van der Waals surface area contributed by atoms with E-state index in [4.69, 9.17) is 19.3 Å². The summed E-state index contributed by atoms with van der Waals surface area (Å²) >= 11 is 0. The molecule has 11 heteroatoms. The Hall–Kier alpha value is -5.36. The average Bonchev–Trinajstić information content (AvgIpc) is 3.72. The van der Waals surface area contributed by atoms with Gasteiger partial charge in [0.2, 0.25) is 0 Å². The van der Waals surface area contributed by atoms with Gasteiger partial charge in [0.15, 0.2) is 0 Å². The van der Waals surface area contributed by atoms with Crippen LogP contribution >= 0.6 is 0 Å². The van der Waals surface area contributed by atoms with Gasteiger partial charge in [-0.2, -0.15) is 5.10 Å². The number of piperazine rings is 1. The molecule has 0 spiro atoms. The fraction of sp³-hybridized carbons (Fsp3) is 0.391. The molecule has 6 aromatic rings. The second-order valence-electron chi connectivity index (χ2n) is 15.1. The van der Waals surface area contributed by atoms with Crippen molar-refractivity contribution in [3.05, 3.63) is 108 Å². The fourth-order valence-corrected chi connectivity index (χ4v) is 8.67. The van der Waals surface area contributed by atoms with Crippen molar-refractivity contribution >= 4 is 33.3 Å². The molecule has 0 aliphatic carbocycles. The number of carboxylic acids is 1. The van der Waals surface area contributed by atoms with Crippen LogP contribution in [0.3, 0.4) is 0 Å². The van der Waals surface area contributed by atoms with Crippen molar-refractivity contribution in [2.24, 2.45) is 7.05 Å². The summed E-state index contributed by atoms with van der Waals surface area (Å²) in [7, 11) is 1.95. The molecule has 298 valence electrons. The highest BCUT2D eigenvalue weighted by Gasteiger charge is 2.27. The van der Waals surface area contributed by atoms with E-state index in [9.17, 15) is 9.90 Å². The third-order valence-electron chi connectivity index (χ3n) is 11.7. The third kappa shape index (κ3) is 8.23. The monoisotopic (exact) mass is 770 g/mol. The van der Waals surface area contributed by atoms with Crippen molar-refractivity contribution in [1.29, 1.82) is 0 Å². The minimum absolute atomic E-state index is 0.316. The number of aromatic carboxylic acids is 1. The van der Waals surface area contributed by atoms with Crippen molar-refractivity contribution in [1.82, 2.24) is 24.1 Å². The Morgan fingerprint density at radius 3 is 2.33 bits per heavy atom. The van der Waals surface area contributed by atoms with Gasteiger partial charge in [0.1, 0.15) is 23.8 Å². The topological polar surface area (TPSA) is 97.5 Å². The van der Waals surface area contributed by atoms with Crippen LogP contribution in [0.2, 0.25) is 0 Å². The lowest BCUT2D eigenvalue weighted by Gasteiger charge is -2.35. The Morgan fingerprint density at radius 2 is 1.56 bits per heavy atom. The van der Waals surface area contributed by atoms with Gasteiger partial charge in [0, 0.05) is 87.0 Å². The van der Waals surface area contributed by atoms with E-state index >= 15 is 0 Å². The van der Waals surface area contributed by atoms with E-state index < -0.39 is 5.97 Å². The molecular weight excluding hydrogens is 717 g/mol. The molecule has 4 aromatic carbocycles. The van der Waals surface area contributed by atoms with Crippen LogP contribution < -0.4 is 14.4 Å². The predicted octanol–water partition coefficient (Wildman–Crippen LogP) is 7.27. The highest BCUT2D eigenvalue weighted by molar-refractivity contribution is 6.04. The number of aromatic nitrogens is 3. The van der Waals surface area contributed by atoms with Crippen LogP contribution in [0.15, 0.2) is 84.9 Å². The standard InChI is InChI=1S/C46H54N6O5/c1-4-49-21-24-51(25-22-49)35-17-19-36(20-18-35)57-32-41-43(33(2)47-48(41)3)40-14-8-13-38-39(15-9-29-56-42-16-7-11-34-10-5-6-12-37(34)42)45(46(53)54)52(44(38)40)26-23-50-27-30-55-31-28-50/h5-8,10-14,16-20H,4,9,15,21-32H2,1-3H3,(H,53,54). The quantitative estimate of drug-likeness (QED) is 0.108. The molecule has 0 radical (unpaired) electrons. The van der Waals surface area contributed by atoms with Crippen molar-refractivity contribution in [2.45, 2.75) is 39.8 Å². The van der Waals surface area contributed by atoms with Crippen LogP contribution in [0.25, 0.3) is 32.8 Å². The maximum absolute atomic E-state index is 13.3. The SMILES string of the molecule is CCN1CCN(c2ccc(OCc3c(-c4cccc5c(CCCOc6cccc7ccccc67)c(C(=O)O)n(CCN6CCOCC6)c45)c(C)nn3C)cc2)CC1. The maximum Gasteiger partial charge on any atom is 0.352 e. The zero-order valence-electron chi connectivity index (χ0n) is 33.5. The first-order valence-corrected chi connectivity index (χ1v) is 20.4. The van der Waals surface area contributed by atoms with Crippen LogP contribution in [0.5, 0.6) is 11.5 Å². The summed E-state index contributed by atoms with van der Waals surface area (Å²) in [6.07, 6.45) is 1.22. The predicted molar refractivity (Wildman–Crippen MR) is 226 cm³/mol. The van der Waals surface area contributed by atoms with Gasteiger partial charge in [-0.05, 0) is 67.6 Å². The molecule has 0 bridgehead atoms. The molecule has 0 saturated carbocycles. The molecular formula is C46H54N6O5. The summed E-state index contributed by atoms with van der Waals surface area (Å²) in [6, 6.07) is 28.9. The highest BCUT2D eigenvalue weighted by atomic mass is 16.5. The number of carbonyl (C=O) groups is 1. The molecule has 2 saturated heterocycles. The van der Waals surface area contributed by atoms with Crippen LogP contribution in [0, 0.1) is 6.92 Å². The number of hydrogen-bond donors (Lipinski definition) is 1. The number of fused-ring (bicyclic) bond motifs is 2. The first kappa shape index (κ1) is 38.5. The number of para-hydroxylation sites is 1. The lowest BCUT2D eigenvalue weighted by molar-refractivity contribution is 0.0362. The first-order chi connectivity index (χ1) is 27.9. The number of nitrogens with zero attached hydrogens (tertiary/aromatic N) is 6. The number of ether oxygens (including phenoxy) is 3. The minimum atomic E-state index is -0.925. The van der Waals surface area contributed by atoms with Gasteiger partial charge in [0.25, 0.3) is 0 Å². The van der Waals surface area contributed by atoms with Gasteiger partial charge in [-0.25, -0.2) is 4.79 Å². The largest absolute Gasteiger partial charge is 0.493 e. The number of rotatable bonds is 15. The van der Waals surface area contributed by atoms with E-state index in [0.29, 0.717) is 51.5 Å². The Labute approximate surface area is 334 Å². The van der Waals surface area contributed by atoms with Gasteiger partial charge >= 0.3 is 5.97 Å². The maximum atomic E-state index is 13.3. The normalized spacial score (nSPS) is 15.5. The van der Waals surface area contributed by atoms with Crippen LogP contribution in [-0.4, -0.2) is 107 Å². The number of carboxylic acid groups (broad SMARTS) is 1. The summed E-state index contributed by atoms with van der Waals surface area (Å²) in [5.41, 5.74) is 7.03. The van der Waals surface area contributed by atoms with Crippen molar-refractivity contribution in [3.8, 4) is 22.6 Å². The first-order valence-electron chi connectivity index (χ1n) is 20.4. The van der Waals surface area contributed by atoms with E-state index in [1.165, 1.54) is 5.69 Å². The molecule has 11 nitrogen and oxygen atoms in total.